The molecule has 0 aliphatic carbocycles. The summed E-state index contributed by atoms with van der Waals surface area (Å²) in [6.07, 6.45) is 27.9. The number of hydrogen-bond acceptors (Lipinski definition) is 11. The second kappa shape index (κ2) is 48.2. The molecule has 60 heavy (non-hydrogen) atoms. The van der Waals surface area contributed by atoms with Gasteiger partial charge in [0, 0.05) is 6.42 Å². The molecule has 352 valence electrons. The lowest BCUT2D eigenvalue weighted by Crippen LogP contribution is -2.15. The van der Waals surface area contributed by atoms with Crippen molar-refractivity contribution in [2.45, 2.75) is 155 Å². The van der Waals surface area contributed by atoms with Gasteiger partial charge in [-0.05, 0) is 37.0 Å². The Morgan fingerprint density at radius 3 is 1.02 bits per heavy atom. The molecule has 0 radical (unpaired) electrons. The van der Waals surface area contributed by atoms with Crippen LogP contribution in [-0.2, 0) is 53.8 Å². The quantitative estimate of drug-likeness (QED) is 0.0461. The van der Waals surface area contributed by atoms with Crippen molar-refractivity contribution in [3.63, 3.8) is 0 Å². The number of hydrogen-bond donors (Lipinski definition) is 0. The maximum atomic E-state index is 11.9. The molecule has 1 aromatic carbocycles. The third-order valence-corrected chi connectivity index (χ3v) is 10.1. The standard InChI is InChI=1S/C49H90O11/c1-3-5-7-9-11-12-13-14-15-16-18-20-22-24-49(50)60-46-44-58-42-40-56-38-36-54-34-32-52-30-29-51-31-33-53-35-37-55-39-41-57-43-45-59-48-27-25-47(26-28-48)23-21-19-17-10-8-6-4-2/h25-28H,3-24,29-46H2,1-2H3. The highest BCUT2D eigenvalue weighted by molar-refractivity contribution is 5.69. The summed E-state index contributed by atoms with van der Waals surface area (Å²) in [6.45, 7) is 13.3. The second-order valence-corrected chi connectivity index (χ2v) is 15.5. The van der Waals surface area contributed by atoms with Gasteiger partial charge in [-0.3, -0.25) is 4.79 Å². The summed E-state index contributed by atoms with van der Waals surface area (Å²) in [7, 11) is 0. The first kappa shape index (κ1) is 56.2. The largest absolute Gasteiger partial charge is 0.491 e. The third kappa shape index (κ3) is 42.8. The normalized spacial score (nSPS) is 11.4. The minimum Gasteiger partial charge on any atom is -0.491 e. The van der Waals surface area contributed by atoms with E-state index in [4.69, 9.17) is 47.4 Å². The first-order valence-electron chi connectivity index (χ1n) is 24.3. The topological polar surface area (TPSA) is 109 Å². The van der Waals surface area contributed by atoms with Crippen LogP contribution in [0.2, 0.25) is 0 Å². The van der Waals surface area contributed by atoms with E-state index in [2.05, 4.69) is 38.1 Å². The molecule has 0 aliphatic rings. The lowest BCUT2D eigenvalue weighted by atomic mass is 10.0. The molecule has 0 saturated heterocycles. The SMILES string of the molecule is CCCCCCCCCCCCCCCC(=O)OCCOCCOCCOCCOCCOCCOCCOCCOCCOc1ccc(CCCCCCCCC)cc1. The molecule has 0 bridgehead atoms. The molecule has 0 fully saturated rings. The van der Waals surface area contributed by atoms with Gasteiger partial charge in [-0.2, -0.15) is 0 Å². The van der Waals surface area contributed by atoms with Crippen LogP contribution in [0.4, 0.5) is 0 Å². The van der Waals surface area contributed by atoms with E-state index in [9.17, 15) is 4.79 Å². The van der Waals surface area contributed by atoms with Crippen molar-refractivity contribution in [1.29, 1.82) is 0 Å². The fourth-order valence-electron chi connectivity index (χ4n) is 6.47. The maximum Gasteiger partial charge on any atom is 0.305 e. The highest BCUT2D eigenvalue weighted by Gasteiger charge is 2.03. The van der Waals surface area contributed by atoms with Crippen LogP contribution in [0.1, 0.15) is 154 Å². The van der Waals surface area contributed by atoms with Crippen LogP contribution in [0, 0.1) is 0 Å². The van der Waals surface area contributed by atoms with Gasteiger partial charge in [0.15, 0.2) is 0 Å². The molecule has 0 N–H and O–H groups in total. The van der Waals surface area contributed by atoms with Gasteiger partial charge in [-0.25, -0.2) is 0 Å². The maximum absolute atomic E-state index is 11.9. The van der Waals surface area contributed by atoms with Crippen molar-refractivity contribution in [2.75, 3.05) is 119 Å². The average molecular weight is 855 g/mol. The third-order valence-electron chi connectivity index (χ3n) is 10.1. The lowest BCUT2D eigenvalue weighted by Gasteiger charge is -2.09. The molecule has 11 nitrogen and oxygen atoms in total. The zero-order valence-corrected chi connectivity index (χ0v) is 38.6. The Bertz CT molecular complexity index is 981. The average Bonchev–Trinajstić information content (AvgIpc) is 3.26. The van der Waals surface area contributed by atoms with E-state index in [0.29, 0.717) is 125 Å². The molecule has 0 spiro atoms. The van der Waals surface area contributed by atoms with Crippen LogP contribution < -0.4 is 4.74 Å². The molecule has 0 aromatic heterocycles. The Hall–Kier alpha value is -1.83. The van der Waals surface area contributed by atoms with Crippen LogP contribution in [0.3, 0.4) is 0 Å². The summed E-state index contributed by atoms with van der Waals surface area (Å²) in [5.74, 6) is 0.757. The molecule has 1 aromatic rings. The van der Waals surface area contributed by atoms with Crippen molar-refractivity contribution >= 4 is 5.97 Å². The fraction of sp³-hybridized carbons (Fsp3) is 0.857. The van der Waals surface area contributed by atoms with Gasteiger partial charge >= 0.3 is 5.97 Å². The molecule has 1 rings (SSSR count). The summed E-state index contributed by atoms with van der Waals surface area (Å²) in [5, 5.41) is 0. The Labute approximate surface area is 366 Å². The number of carbonyl (C=O) groups excluding carboxylic acids is 1. The predicted octanol–water partition coefficient (Wildman–Crippen LogP) is 10.5. The van der Waals surface area contributed by atoms with Crippen molar-refractivity contribution in [2.24, 2.45) is 0 Å². The van der Waals surface area contributed by atoms with E-state index in [-0.39, 0.29) is 5.97 Å². The molecule has 0 amide bonds. The summed E-state index contributed by atoms with van der Waals surface area (Å²) in [5.41, 5.74) is 1.38. The molecular weight excluding hydrogens is 765 g/mol. The minimum absolute atomic E-state index is 0.129. The predicted molar refractivity (Wildman–Crippen MR) is 241 cm³/mol. The van der Waals surface area contributed by atoms with Crippen LogP contribution in [-0.4, -0.2) is 125 Å². The minimum atomic E-state index is -0.129. The van der Waals surface area contributed by atoms with Gasteiger partial charge in [-0.15, -0.1) is 0 Å². The number of esters is 1. The number of rotatable bonds is 50. The van der Waals surface area contributed by atoms with Crippen molar-refractivity contribution in [3.05, 3.63) is 29.8 Å². The Morgan fingerprint density at radius 1 is 0.350 bits per heavy atom. The number of ether oxygens (including phenoxy) is 10. The summed E-state index contributed by atoms with van der Waals surface area (Å²) >= 11 is 0. The first-order chi connectivity index (χ1) is 29.8. The summed E-state index contributed by atoms with van der Waals surface area (Å²) in [4.78, 5) is 11.9. The lowest BCUT2D eigenvalue weighted by molar-refractivity contribution is -0.145. The van der Waals surface area contributed by atoms with Crippen LogP contribution in [0.15, 0.2) is 24.3 Å². The van der Waals surface area contributed by atoms with Crippen LogP contribution in [0.25, 0.3) is 0 Å². The van der Waals surface area contributed by atoms with Crippen molar-refractivity contribution in [1.82, 2.24) is 0 Å². The Balaban J connectivity index is 1.69. The highest BCUT2D eigenvalue weighted by Crippen LogP contribution is 2.16. The second-order valence-electron chi connectivity index (χ2n) is 15.5. The summed E-state index contributed by atoms with van der Waals surface area (Å²) in [6, 6.07) is 8.46. The van der Waals surface area contributed by atoms with E-state index < -0.39 is 0 Å². The van der Waals surface area contributed by atoms with Crippen LogP contribution >= 0.6 is 0 Å². The number of unbranched alkanes of at least 4 members (excludes halogenated alkanes) is 18. The fourth-order valence-corrected chi connectivity index (χ4v) is 6.47. The van der Waals surface area contributed by atoms with Crippen molar-refractivity contribution in [3.8, 4) is 5.75 Å². The number of aryl methyl sites for hydroxylation is 1. The Kier molecular flexibility index (Phi) is 45.1. The van der Waals surface area contributed by atoms with E-state index in [0.717, 1.165) is 25.0 Å². The molecule has 0 unspecified atom stereocenters. The van der Waals surface area contributed by atoms with Gasteiger partial charge in [0.25, 0.3) is 0 Å². The van der Waals surface area contributed by atoms with Gasteiger partial charge in [-0.1, -0.05) is 142 Å². The van der Waals surface area contributed by atoms with Gasteiger partial charge < -0.3 is 47.4 Å². The zero-order valence-electron chi connectivity index (χ0n) is 38.6. The highest BCUT2D eigenvalue weighted by atomic mass is 16.6. The smallest absolute Gasteiger partial charge is 0.305 e. The van der Waals surface area contributed by atoms with Crippen LogP contribution in [0.5, 0.6) is 5.75 Å². The van der Waals surface area contributed by atoms with E-state index in [1.807, 2.05) is 0 Å². The molecule has 0 aliphatic heterocycles. The van der Waals surface area contributed by atoms with E-state index >= 15 is 0 Å². The van der Waals surface area contributed by atoms with Gasteiger partial charge in [0.05, 0.1) is 106 Å². The molecule has 0 atom stereocenters. The monoisotopic (exact) mass is 855 g/mol. The number of benzene rings is 1. The van der Waals surface area contributed by atoms with E-state index in [1.165, 1.54) is 121 Å². The molecular formula is C49H90O11. The molecule has 0 heterocycles. The molecule has 0 saturated carbocycles. The van der Waals surface area contributed by atoms with Crippen molar-refractivity contribution < 1.29 is 52.2 Å². The first-order valence-corrected chi connectivity index (χ1v) is 24.3. The zero-order chi connectivity index (χ0) is 42.9. The van der Waals surface area contributed by atoms with Gasteiger partial charge in [0.2, 0.25) is 0 Å². The summed E-state index contributed by atoms with van der Waals surface area (Å²) < 4.78 is 55.3. The Morgan fingerprint density at radius 2 is 0.650 bits per heavy atom. The van der Waals surface area contributed by atoms with Gasteiger partial charge in [0.1, 0.15) is 19.0 Å². The van der Waals surface area contributed by atoms with E-state index in [1.54, 1.807) is 0 Å². The molecule has 11 heteroatoms. The number of carbonyl (C=O) groups is 1.